The van der Waals surface area contributed by atoms with Crippen LogP contribution in [0.2, 0.25) is 0 Å². The van der Waals surface area contributed by atoms with Gasteiger partial charge in [-0.2, -0.15) is 0 Å². The van der Waals surface area contributed by atoms with E-state index in [0.29, 0.717) is 13.0 Å². The van der Waals surface area contributed by atoms with Crippen LogP contribution in [0.15, 0.2) is 18.2 Å². The molecule has 1 aromatic carbocycles. The molecule has 2 rings (SSSR count). The molecule has 0 spiro atoms. The van der Waals surface area contributed by atoms with Crippen molar-refractivity contribution in [2.24, 2.45) is 0 Å². The number of hydrogen-bond acceptors (Lipinski definition) is 3. The van der Waals surface area contributed by atoms with Crippen molar-refractivity contribution in [2.45, 2.75) is 32.3 Å². The molecule has 0 bridgehead atoms. The van der Waals surface area contributed by atoms with E-state index in [-0.39, 0.29) is 12.7 Å². The van der Waals surface area contributed by atoms with E-state index >= 15 is 0 Å². The zero-order valence-electron chi connectivity index (χ0n) is 11.3. The van der Waals surface area contributed by atoms with Crippen LogP contribution in [0, 0.1) is 18.8 Å². The van der Waals surface area contributed by atoms with Crippen molar-refractivity contribution >= 4 is 0 Å². The molecule has 0 amide bonds. The maximum absolute atomic E-state index is 8.78. The van der Waals surface area contributed by atoms with E-state index in [9.17, 15) is 0 Å². The second-order valence-electron chi connectivity index (χ2n) is 4.73. The van der Waals surface area contributed by atoms with Crippen LogP contribution in [0.25, 0.3) is 0 Å². The molecule has 1 aromatic rings. The van der Waals surface area contributed by atoms with Crippen LogP contribution < -0.4 is 4.74 Å². The smallest absolute Gasteiger partial charge is 0.135 e. The third kappa shape index (κ3) is 4.27. The van der Waals surface area contributed by atoms with E-state index < -0.39 is 0 Å². The van der Waals surface area contributed by atoms with Crippen LogP contribution in [0.4, 0.5) is 0 Å². The molecule has 19 heavy (non-hydrogen) atoms. The average Bonchev–Trinajstić information content (AvgIpc) is 2.43. The molecule has 1 aliphatic rings. The number of aliphatic hydroxyl groups is 1. The van der Waals surface area contributed by atoms with Gasteiger partial charge in [-0.15, -0.1) is 0 Å². The SMILES string of the molecule is Cc1ccc(OC2CCCOC2)c(C#CCCO)c1. The molecule has 3 heteroatoms. The summed E-state index contributed by atoms with van der Waals surface area (Å²) >= 11 is 0. The molecule has 102 valence electrons. The van der Waals surface area contributed by atoms with Crippen LogP contribution in [0.1, 0.15) is 30.4 Å². The first-order chi connectivity index (χ1) is 9.29. The summed E-state index contributed by atoms with van der Waals surface area (Å²) in [6.07, 6.45) is 2.68. The van der Waals surface area contributed by atoms with E-state index in [0.717, 1.165) is 36.3 Å². The minimum absolute atomic E-state index is 0.0888. The normalized spacial score (nSPS) is 18.5. The summed E-state index contributed by atoms with van der Waals surface area (Å²) in [5.41, 5.74) is 2.04. The van der Waals surface area contributed by atoms with E-state index in [4.69, 9.17) is 14.6 Å². The highest BCUT2D eigenvalue weighted by molar-refractivity contribution is 5.48. The molecule has 0 aliphatic carbocycles. The number of aryl methyl sites for hydroxylation is 1. The molecular weight excluding hydrogens is 240 g/mol. The highest BCUT2D eigenvalue weighted by atomic mass is 16.5. The Morgan fingerprint density at radius 2 is 2.37 bits per heavy atom. The lowest BCUT2D eigenvalue weighted by Crippen LogP contribution is -2.28. The third-order valence-corrected chi connectivity index (χ3v) is 3.01. The average molecular weight is 260 g/mol. The van der Waals surface area contributed by atoms with Gasteiger partial charge in [-0.1, -0.05) is 17.9 Å². The standard InChI is InChI=1S/C16H20O3/c1-13-7-8-16(14(11-13)5-2-3-9-17)19-15-6-4-10-18-12-15/h7-8,11,15,17H,3-4,6,9-10,12H2,1H3. The summed E-state index contributed by atoms with van der Waals surface area (Å²) in [5.74, 6) is 6.83. The second kappa shape index (κ2) is 7.18. The maximum atomic E-state index is 8.78. The van der Waals surface area contributed by atoms with Crippen LogP contribution in [0.3, 0.4) is 0 Å². The van der Waals surface area contributed by atoms with Crippen molar-refractivity contribution in [3.05, 3.63) is 29.3 Å². The molecule has 1 N–H and O–H groups in total. The van der Waals surface area contributed by atoms with Gasteiger partial charge >= 0.3 is 0 Å². The van der Waals surface area contributed by atoms with Gasteiger partial charge in [-0.05, 0) is 37.5 Å². The topological polar surface area (TPSA) is 38.7 Å². The van der Waals surface area contributed by atoms with Crippen LogP contribution >= 0.6 is 0 Å². The van der Waals surface area contributed by atoms with Gasteiger partial charge in [0.1, 0.15) is 11.9 Å². The molecule has 0 radical (unpaired) electrons. The Balaban J connectivity index is 2.12. The molecule has 1 fully saturated rings. The molecule has 0 saturated carbocycles. The Kier molecular flexibility index (Phi) is 5.26. The number of benzene rings is 1. The van der Waals surface area contributed by atoms with Gasteiger partial charge in [0.25, 0.3) is 0 Å². The molecule has 3 nitrogen and oxygen atoms in total. The Bertz CT molecular complexity index is 465. The monoisotopic (exact) mass is 260 g/mol. The lowest BCUT2D eigenvalue weighted by Gasteiger charge is -2.24. The highest BCUT2D eigenvalue weighted by Gasteiger charge is 2.16. The summed E-state index contributed by atoms with van der Waals surface area (Å²) in [6, 6.07) is 6.01. The van der Waals surface area contributed by atoms with E-state index in [1.807, 2.05) is 25.1 Å². The molecular formula is C16H20O3. The van der Waals surface area contributed by atoms with Gasteiger partial charge in [0.05, 0.1) is 18.8 Å². The largest absolute Gasteiger partial charge is 0.487 e. The van der Waals surface area contributed by atoms with Crippen molar-refractivity contribution in [2.75, 3.05) is 19.8 Å². The van der Waals surface area contributed by atoms with Crippen molar-refractivity contribution < 1.29 is 14.6 Å². The lowest BCUT2D eigenvalue weighted by atomic mass is 10.1. The minimum Gasteiger partial charge on any atom is -0.487 e. The maximum Gasteiger partial charge on any atom is 0.135 e. The van der Waals surface area contributed by atoms with Gasteiger partial charge in [0.2, 0.25) is 0 Å². The second-order valence-corrected chi connectivity index (χ2v) is 4.73. The molecule has 1 atom stereocenters. The first-order valence-electron chi connectivity index (χ1n) is 6.74. The lowest BCUT2D eigenvalue weighted by molar-refractivity contribution is 0.00731. The minimum atomic E-state index is 0.0888. The number of rotatable bonds is 3. The predicted molar refractivity (Wildman–Crippen MR) is 74.2 cm³/mol. The summed E-state index contributed by atoms with van der Waals surface area (Å²) in [6.45, 7) is 3.60. The fourth-order valence-electron chi connectivity index (χ4n) is 2.04. The van der Waals surface area contributed by atoms with Gasteiger partial charge in [-0.25, -0.2) is 0 Å². The Morgan fingerprint density at radius 3 is 3.11 bits per heavy atom. The molecule has 0 aromatic heterocycles. The summed E-state index contributed by atoms with van der Waals surface area (Å²) in [5, 5.41) is 8.78. The van der Waals surface area contributed by atoms with E-state index in [1.54, 1.807) is 0 Å². The summed E-state index contributed by atoms with van der Waals surface area (Å²) < 4.78 is 11.4. The summed E-state index contributed by atoms with van der Waals surface area (Å²) in [4.78, 5) is 0. The van der Waals surface area contributed by atoms with Crippen LogP contribution in [-0.4, -0.2) is 31.0 Å². The zero-order valence-corrected chi connectivity index (χ0v) is 11.3. The van der Waals surface area contributed by atoms with E-state index in [2.05, 4.69) is 11.8 Å². The number of aliphatic hydroxyl groups excluding tert-OH is 1. The van der Waals surface area contributed by atoms with Gasteiger partial charge in [0.15, 0.2) is 0 Å². The van der Waals surface area contributed by atoms with Gasteiger partial charge in [-0.3, -0.25) is 0 Å². The number of hydrogen-bond donors (Lipinski definition) is 1. The highest BCUT2D eigenvalue weighted by Crippen LogP contribution is 2.22. The van der Waals surface area contributed by atoms with Crippen molar-refractivity contribution in [1.82, 2.24) is 0 Å². The van der Waals surface area contributed by atoms with Crippen molar-refractivity contribution in [1.29, 1.82) is 0 Å². The molecule has 1 saturated heterocycles. The molecule has 1 unspecified atom stereocenters. The van der Waals surface area contributed by atoms with E-state index in [1.165, 1.54) is 0 Å². The Hall–Kier alpha value is -1.50. The van der Waals surface area contributed by atoms with Crippen LogP contribution in [-0.2, 0) is 4.74 Å². The predicted octanol–water partition coefficient (Wildman–Crippen LogP) is 2.29. The first kappa shape index (κ1) is 13.9. The third-order valence-electron chi connectivity index (χ3n) is 3.01. The fraction of sp³-hybridized carbons (Fsp3) is 0.500. The number of ether oxygens (including phenoxy) is 2. The summed E-state index contributed by atoms with van der Waals surface area (Å²) in [7, 11) is 0. The Morgan fingerprint density at radius 1 is 1.47 bits per heavy atom. The zero-order chi connectivity index (χ0) is 13.5. The quantitative estimate of drug-likeness (QED) is 0.847. The Labute approximate surface area is 114 Å². The fourth-order valence-corrected chi connectivity index (χ4v) is 2.04. The molecule has 1 aliphatic heterocycles. The first-order valence-corrected chi connectivity index (χ1v) is 6.74. The van der Waals surface area contributed by atoms with Crippen molar-refractivity contribution in [3.63, 3.8) is 0 Å². The van der Waals surface area contributed by atoms with Crippen molar-refractivity contribution in [3.8, 4) is 17.6 Å². The molecule has 1 heterocycles. The van der Waals surface area contributed by atoms with Gasteiger partial charge in [0, 0.05) is 13.0 Å². The van der Waals surface area contributed by atoms with Gasteiger partial charge < -0.3 is 14.6 Å². The van der Waals surface area contributed by atoms with Crippen LogP contribution in [0.5, 0.6) is 5.75 Å².